The van der Waals surface area contributed by atoms with Crippen molar-refractivity contribution in [3.63, 3.8) is 0 Å². The molecule has 0 aliphatic carbocycles. The molecule has 1 aliphatic rings. The Balaban J connectivity index is 1.88. The first-order valence-corrected chi connectivity index (χ1v) is 6.76. The Labute approximate surface area is 109 Å². The smallest absolute Gasteiger partial charge is 0.0782 e. The molecule has 0 radical (unpaired) electrons. The highest BCUT2D eigenvalue weighted by Gasteiger charge is 2.11. The zero-order chi connectivity index (χ0) is 11.9. The van der Waals surface area contributed by atoms with Crippen LogP contribution in [0.5, 0.6) is 0 Å². The van der Waals surface area contributed by atoms with E-state index in [4.69, 9.17) is 12.2 Å². The van der Waals surface area contributed by atoms with Gasteiger partial charge in [-0.1, -0.05) is 61.1 Å². The van der Waals surface area contributed by atoms with Crippen molar-refractivity contribution in [1.29, 1.82) is 0 Å². The predicted molar refractivity (Wildman–Crippen MR) is 78.1 cm³/mol. The van der Waals surface area contributed by atoms with Gasteiger partial charge in [-0.15, -0.1) is 0 Å². The zero-order valence-electron chi connectivity index (χ0n) is 10.1. The minimum atomic E-state index is 0.952. The number of rotatable bonds is 3. The number of thiocarbonyl (C=S) groups is 1. The lowest BCUT2D eigenvalue weighted by molar-refractivity contribution is 0.462. The molecule has 1 saturated heterocycles. The third-order valence-electron chi connectivity index (χ3n) is 3.11. The van der Waals surface area contributed by atoms with Crippen LogP contribution in [0.3, 0.4) is 0 Å². The Kier molecular flexibility index (Phi) is 4.75. The highest BCUT2D eigenvalue weighted by molar-refractivity contribution is 7.80. The summed E-state index contributed by atoms with van der Waals surface area (Å²) in [6.45, 7) is 2.08. The summed E-state index contributed by atoms with van der Waals surface area (Å²) in [6, 6.07) is 10.4. The van der Waals surface area contributed by atoms with Crippen molar-refractivity contribution in [3.8, 4) is 0 Å². The highest BCUT2D eigenvalue weighted by Crippen LogP contribution is 2.12. The van der Waals surface area contributed by atoms with Gasteiger partial charge in [0.15, 0.2) is 0 Å². The summed E-state index contributed by atoms with van der Waals surface area (Å²) in [6.07, 6.45) is 9.34. The number of likely N-dealkylation sites (tertiary alicyclic amines) is 1. The fraction of sp³-hybridized carbons (Fsp3) is 0.400. The van der Waals surface area contributed by atoms with Crippen molar-refractivity contribution in [2.24, 2.45) is 0 Å². The fourth-order valence-electron chi connectivity index (χ4n) is 2.11. The van der Waals surface area contributed by atoms with Crippen molar-refractivity contribution >= 4 is 23.3 Å². The van der Waals surface area contributed by atoms with E-state index in [1.807, 2.05) is 6.07 Å². The van der Waals surface area contributed by atoms with Gasteiger partial charge in [-0.2, -0.15) is 0 Å². The van der Waals surface area contributed by atoms with E-state index in [9.17, 15) is 0 Å². The van der Waals surface area contributed by atoms with Gasteiger partial charge >= 0.3 is 0 Å². The molecule has 1 nitrogen and oxygen atoms in total. The number of hydrogen-bond acceptors (Lipinski definition) is 1. The van der Waals surface area contributed by atoms with Crippen LogP contribution >= 0.6 is 12.2 Å². The molecule has 0 bridgehead atoms. The van der Waals surface area contributed by atoms with Gasteiger partial charge in [-0.25, -0.2) is 0 Å². The minimum Gasteiger partial charge on any atom is -0.362 e. The predicted octanol–water partition coefficient (Wildman–Crippen LogP) is 3.90. The van der Waals surface area contributed by atoms with E-state index in [0.29, 0.717) is 0 Å². The Morgan fingerprint density at radius 2 is 1.94 bits per heavy atom. The highest BCUT2D eigenvalue weighted by atomic mass is 32.1. The lowest BCUT2D eigenvalue weighted by atomic mass is 10.2. The summed E-state index contributed by atoms with van der Waals surface area (Å²) in [5.74, 6) is 0. The molecule has 0 spiro atoms. The maximum atomic E-state index is 5.44. The maximum Gasteiger partial charge on any atom is 0.0782 e. The van der Waals surface area contributed by atoms with Crippen LogP contribution in [-0.4, -0.2) is 23.0 Å². The molecule has 1 aromatic rings. The van der Waals surface area contributed by atoms with E-state index in [1.54, 1.807) is 0 Å². The van der Waals surface area contributed by atoms with E-state index in [1.165, 1.54) is 24.8 Å². The molecular weight excluding hydrogens is 226 g/mol. The molecule has 0 unspecified atom stereocenters. The van der Waals surface area contributed by atoms with Crippen molar-refractivity contribution < 1.29 is 0 Å². The SMILES string of the molecule is S=C1CCCCCN1C/C=C/c1ccccc1. The summed E-state index contributed by atoms with van der Waals surface area (Å²) >= 11 is 5.44. The van der Waals surface area contributed by atoms with Crippen molar-refractivity contribution in [2.45, 2.75) is 25.7 Å². The molecule has 0 N–H and O–H groups in total. The summed E-state index contributed by atoms with van der Waals surface area (Å²) in [7, 11) is 0. The molecule has 1 heterocycles. The standard InChI is InChI=1S/C15H19NS/c17-15-11-5-2-6-12-16(15)13-7-10-14-8-3-1-4-9-14/h1,3-4,7-10H,2,5-6,11-13H2/b10-7+. The number of benzene rings is 1. The van der Waals surface area contributed by atoms with E-state index < -0.39 is 0 Å². The third-order valence-corrected chi connectivity index (χ3v) is 3.57. The van der Waals surface area contributed by atoms with Crippen LogP contribution in [0.15, 0.2) is 36.4 Å². The average Bonchev–Trinajstić information content (AvgIpc) is 2.56. The van der Waals surface area contributed by atoms with Gasteiger partial charge in [-0.05, 0) is 24.8 Å². The second-order valence-electron chi connectivity index (χ2n) is 4.46. The molecule has 1 aliphatic heterocycles. The molecule has 0 aromatic heterocycles. The van der Waals surface area contributed by atoms with Gasteiger partial charge in [-0.3, -0.25) is 0 Å². The van der Waals surface area contributed by atoms with Gasteiger partial charge in [0.1, 0.15) is 0 Å². The second kappa shape index (κ2) is 6.55. The molecule has 0 amide bonds. The van der Waals surface area contributed by atoms with Crippen LogP contribution in [0.1, 0.15) is 31.2 Å². The molecule has 1 fully saturated rings. The van der Waals surface area contributed by atoms with Crippen molar-refractivity contribution in [2.75, 3.05) is 13.1 Å². The van der Waals surface area contributed by atoms with Gasteiger partial charge in [0.25, 0.3) is 0 Å². The largest absolute Gasteiger partial charge is 0.362 e. The number of nitrogens with zero attached hydrogens (tertiary/aromatic N) is 1. The van der Waals surface area contributed by atoms with Gasteiger partial charge in [0.2, 0.25) is 0 Å². The first-order chi connectivity index (χ1) is 8.36. The summed E-state index contributed by atoms with van der Waals surface area (Å²) in [5.41, 5.74) is 1.26. The van der Waals surface area contributed by atoms with Crippen LogP contribution < -0.4 is 0 Å². The summed E-state index contributed by atoms with van der Waals surface area (Å²) < 4.78 is 0. The molecule has 2 heteroatoms. The van der Waals surface area contributed by atoms with E-state index >= 15 is 0 Å². The molecule has 0 atom stereocenters. The van der Waals surface area contributed by atoms with Crippen molar-refractivity contribution in [3.05, 3.63) is 42.0 Å². The van der Waals surface area contributed by atoms with Gasteiger partial charge < -0.3 is 4.90 Å². The van der Waals surface area contributed by atoms with Crippen LogP contribution in [0.25, 0.3) is 6.08 Å². The Hall–Kier alpha value is -1.15. The topological polar surface area (TPSA) is 3.24 Å². The molecular formula is C15H19NS. The van der Waals surface area contributed by atoms with E-state index in [2.05, 4.69) is 41.3 Å². The first-order valence-electron chi connectivity index (χ1n) is 6.35. The van der Waals surface area contributed by atoms with Crippen LogP contribution in [0.4, 0.5) is 0 Å². The van der Waals surface area contributed by atoms with E-state index in [0.717, 1.165) is 24.5 Å². The Bertz CT molecular complexity index is 383. The average molecular weight is 245 g/mol. The first kappa shape index (κ1) is 12.3. The molecule has 1 aromatic carbocycles. The fourth-order valence-corrected chi connectivity index (χ4v) is 2.42. The molecule has 17 heavy (non-hydrogen) atoms. The van der Waals surface area contributed by atoms with Crippen LogP contribution in [0.2, 0.25) is 0 Å². The zero-order valence-corrected chi connectivity index (χ0v) is 11.0. The Morgan fingerprint density at radius 1 is 1.12 bits per heavy atom. The van der Waals surface area contributed by atoms with Crippen molar-refractivity contribution in [1.82, 2.24) is 4.90 Å². The summed E-state index contributed by atoms with van der Waals surface area (Å²) in [5, 5.41) is 0. The Morgan fingerprint density at radius 3 is 2.76 bits per heavy atom. The second-order valence-corrected chi connectivity index (χ2v) is 4.93. The van der Waals surface area contributed by atoms with Crippen LogP contribution in [0, 0.1) is 0 Å². The molecule has 0 saturated carbocycles. The van der Waals surface area contributed by atoms with Gasteiger partial charge in [0.05, 0.1) is 4.99 Å². The summed E-state index contributed by atoms with van der Waals surface area (Å²) in [4.78, 5) is 3.47. The van der Waals surface area contributed by atoms with Crippen LogP contribution in [-0.2, 0) is 0 Å². The third kappa shape index (κ3) is 3.97. The normalized spacial score (nSPS) is 17.4. The monoisotopic (exact) mass is 245 g/mol. The van der Waals surface area contributed by atoms with E-state index in [-0.39, 0.29) is 0 Å². The lowest BCUT2D eigenvalue weighted by Crippen LogP contribution is -2.28. The quantitative estimate of drug-likeness (QED) is 0.743. The molecule has 2 rings (SSSR count). The lowest BCUT2D eigenvalue weighted by Gasteiger charge is -2.21. The number of hydrogen-bond donors (Lipinski definition) is 0. The van der Waals surface area contributed by atoms with Gasteiger partial charge in [0, 0.05) is 13.1 Å². The maximum absolute atomic E-state index is 5.44. The minimum absolute atomic E-state index is 0.952. The molecule has 90 valence electrons.